The Morgan fingerprint density at radius 2 is 1.75 bits per heavy atom. The van der Waals surface area contributed by atoms with E-state index in [1.54, 1.807) is 38.3 Å². The molecule has 1 unspecified atom stereocenters. The van der Waals surface area contributed by atoms with Crippen molar-refractivity contribution >= 4 is 23.2 Å². The van der Waals surface area contributed by atoms with E-state index in [1.807, 2.05) is 25.1 Å². The number of nitrogen functional groups attached to an aromatic ring is 1. The van der Waals surface area contributed by atoms with Crippen LogP contribution in [0.5, 0.6) is 5.75 Å². The van der Waals surface area contributed by atoms with Crippen LogP contribution in [-0.2, 0) is 9.59 Å². The summed E-state index contributed by atoms with van der Waals surface area (Å²) in [6, 6.07) is 12.2. The summed E-state index contributed by atoms with van der Waals surface area (Å²) in [6.45, 7) is 3.69. The van der Waals surface area contributed by atoms with Gasteiger partial charge in [0.1, 0.15) is 5.75 Å². The van der Waals surface area contributed by atoms with Gasteiger partial charge in [-0.2, -0.15) is 0 Å². The van der Waals surface area contributed by atoms with Gasteiger partial charge in [0.25, 0.3) is 0 Å². The lowest BCUT2D eigenvalue weighted by Gasteiger charge is -2.15. The number of amides is 2. The third kappa shape index (κ3) is 4.25. The van der Waals surface area contributed by atoms with Crippen molar-refractivity contribution in [1.29, 1.82) is 0 Å². The van der Waals surface area contributed by atoms with Crippen molar-refractivity contribution in [3.05, 3.63) is 53.6 Å². The Morgan fingerprint density at radius 1 is 1.08 bits per heavy atom. The summed E-state index contributed by atoms with van der Waals surface area (Å²) < 4.78 is 5.09. The minimum absolute atomic E-state index is 0.315. The van der Waals surface area contributed by atoms with E-state index in [2.05, 4.69) is 10.6 Å². The fourth-order valence-electron chi connectivity index (χ4n) is 2.21. The molecule has 0 aliphatic rings. The number of carbonyl (C=O) groups excluding carboxylic acids is 2. The van der Waals surface area contributed by atoms with Crippen molar-refractivity contribution in [2.75, 3.05) is 18.2 Å². The second-order valence-corrected chi connectivity index (χ2v) is 5.51. The monoisotopic (exact) mass is 327 g/mol. The molecule has 1 atom stereocenters. The maximum absolute atomic E-state index is 12.0. The molecule has 0 saturated heterocycles. The largest absolute Gasteiger partial charge is 0.497 e. The van der Waals surface area contributed by atoms with E-state index in [1.165, 1.54) is 0 Å². The van der Waals surface area contributed by atoms with Gasteiger partial charge < -0.3 is 21.1 Å². The van der Waals surface area contributed by atoms with Gasteiger partial charge in [0.2, 0.25) is 0 Å². The fraction of sp³-hybridized carbons (Fsp3) is 0.222. The molecule has 2 amide bonds. The first-order valence-corrected chi connectivity index (χ1v) is 7.52. The van der Waals surface area contributed by atoms with Crippen LogP contribution < -0.4 is 21.1 Å². The van der Waals surface area contributed by atoms with Crippen molar-refractivity contribution in [2.24, 2.45) is 0 Å². The molecule has 0 aliphatic heterocycles. The Hall–Kier alpha value is -3.02. The smallest absolute Gasteiger partial charge is 0.313 e. The average Bonchev–Trinajstić information content (AvgIpc) is 2.57. The van der Waals surface area contributed by atoms with Gasteiger partial charge in [0, 0.05) is 0 Å². The molecular weight excluding hydrogens is 306 g/mol. The van der Waals surface area contributed by atoms with Crippen LogP contribution in [-0.4, -0.2) is 18.9 Å². The Kier molecular flexibility index (Phi) is 5.42. The molecule has 0 spiro atoms. The average molecular weight is 327 g/mol. The zero-order chi connectivity index (χ0) is 17.7. The lowest BCUT2D eigenvalue weighted by molar-refractivity contribution is -0.136. The van der Waals surface area contributed by atoms with Crippen LogP contribution >= 0.6 is 0 Å². The predicted octanol–water partition coefficient (Wildman–Crippen LogP) is 2.40. The molecule has 6 nitrogen and oxygen atoms in total. The Balaban J connectivity index is 1.98. The molecule has 2 aromatic carbocycles. The zero-order valence-corrected chi connectivity index (χ0v) is 13.9. The van der Waals surface area contributed by atoms with Gasteiger partial charge in [-0.05, 0) is 49.2 Å². The number of hydrogen-bond acceptors (Lipinski definition) is 4. The van der Waals surface area contributed by atoms with Crippen molar-refractivity contribution in [3.8, 4) is 5.75 Å². The molecule has 0 aliphatic carbocycles. The molecule has 0 saturated carbocycles. The van der Waals surface area contributed by atoms with E-state index in [0.29, 0.717) is 11.4 Å². The molecule has 0 bridgehead atoms. The zero-order valence-electron chi connectivity index (χ0n) is 13.9. The van der Waals surface area contributed by atoms with E-state index < -0.39 is 11.8 Å². The summed E-state index contributed by atoms with van der Waals surface area (Å²) in [5, 5.41) is 5.17. The third-order valence-corrected chi connectivity index (χ3v) is 3.62. The fourth-order valence-corrected chi connectivity index (χ4v) is 2.21. The van der Waals surface area contributed by atoms with E-state index in [9.17, 15) is 9.59 Å². The van der Waals surface area contributed by atoms with Crippen LogP contribution in [0, 0.1) is 6.92 Å². The third-order valence-electron chi connectivity index (χ3n) is 3.62. The van der Waals surface area contributed by atoms with Crippen molar-refractivity contribution in [1.82, 2.24) is 5.32 Å². The van der Waals surface area contributed by atoms with Gasteiger partial charge in [0.15, 0.2) is 0 Å². The highest BCUT2D eigenvalue weighted by atomic mass is 16.5. The highest BCUT2D eigenvalue weighted by Crippen LogP contribution is 2.20. The van der Waals surface area contributed by atoms with E-state index >= 15 is 0 Å². The van der Waals surface area contributed by atoms with Crippen molar-refractivity contribution < 1.29 is 14.3 Å². The molecule has 24 heavy (non-hydrogen) atoms. The first kappa shape index (κ1) is 17.3. The summed E-state index contributed by atoms with van der Waals surface area (Å²) >= 11 is 0. The van der Waals surface area contributed by atoms with Gasteiger partial charge in [-0.25, -0.2) is 0 Å². The number of ether oxygens (including phenoxy) is 1. The van der Waals surface area contributed by atoms with Crippen LogP contribution in [0.1, 0.15) is 24.1 Å². The SMILES string of the molecule is COc1ccc(C(C)NC(=O)C(=O)Nc2ccc(C)cc2N)cc1. The Labute approximate surface area is 141 Å². The van der Waals surface area contributed by atoms with E-state index in [0.717, 1.165) is 16.9 Å². The number of carbonyl (C=O) groups is 2. The van der Waals surface area contributed by atoms with Gasteiger partial charge in [-0.15, -0.1) is 0 Å². The number of nitrogens with two attached hydrogens (primary N) is 1. The molecule has 126 valence electrons. The summed E-state index contributed by atoms with van der Waals surface area (Å²) in [5.74, 6) is -0.755. The van der Waals surface area contributed by atoms with Gasteiger partial charge in [-0.3, -0.25) is 9.59 Å². The second kappa shape index (κ2) is 7.50. The maximum Gasteiger partial charge on any atom is 0.313 e. The van der Waals surface area contributed by atoms with Crippen LogP contribution in [0.15, 0.2) is 42.5 Å². The van der Waals surface area contributed by atoms with Gasteiger partial charge >= 0.3 is 11.8 Å². The first-order chi connectivity index (χ1) is 11.4. The molecule has 0 aromatic heterocycles. The Morgan fingerprint density at radius 3 is 2.33 bits per heavy atom. The van der Waals surface area contributed by atoms with E-state index in [4.69, 9.17) is 10.5 Å². The van der Waals surface area contributed by atoms with Crippen LogP contribution in [0.25, 0.3) is 0 Å². The number of nitrogens with one attached hydrogen (secondary N) is 2. The second-order valence-electron chi connectivity index (χ2n) is 5.51. The van der Waals surface area contributed by atoms with Crippen LogP contribution in [0.2, 0.25) is 0 Å². The maximum atomic E-state index is 12.0. The number of rotatable bonds is 4. The molecule has 0 radical (unpaired) electrons. The number of aryl methyl sites for hydroxylation is 1. The molecule has 6 heteroatoms. The predicted molar refractivity (Wildman–Crippen MR) is 93.8 cm³/mol. The minimum atomic E-state index is -0.758. The standard InChI is InChI=1S/C18H21N3O3/c1-11-4-9-16(15(19)10-11)21-18(23)17(22)20-12(2)13-5-7-14(24-3)8-6-13/h4-10,12H,19H2,1-3H3,(H,20,22)(H,21,23). The molecular formula is C18H21N3O3. The molecule has 2 aromatic rings. The van der Waals surface area contributed by atoms with Gasteiger partial charge in [0.05, 0.1) is 24.5 Å². The Bertz CT molecular complexity index is 742. The number of hydrogen-bond donors (Lipinski definition) is 3. The van der Waals surface area contributed by atoms with Gasteiger partial charge in [-0.1, -0.05) is 18.2 Å². The molecule has 0 heterocycles. The normalized spacial score (nSPS) is 11.5. The van der Waals surface area contributed by atoms with Crippen LogP contribution in [0.4, 0.5) is 11.4 Å². The molecule has 4 N–H and O–H groups in total. The number of benzene rings is 2. The topological polar surface area (TPSA) is 93.4 Å². The quantitative estimate of drug-likeness (QED) is 0.594. The number of anilines is 2. The number of methoxy groups -OCH3 is 1. The molecule has 2 rings (SSSR count). The summed E-state index contributed by atoms with van der Waals surface area (Å²) in [4.78, 5) is 24.1. The lowest BCUT2D eigenvalue weighted by Crippen LogP contribution is -2.37. The highest BCUT2D eigenvalue weighted by Gasteiger charge is 2.18. The highest BCUT2D eigenvalue weighted by molar-refractivity contribution is 6.40. The van der Waals surface area contributed by atoms with E-state index in [-0.39, 0.29) is 6.04 Å². The van der Waals surface area contributed by atoms with Crippen LogP contribution in [0.3, 0.4) is 0 Å². The van der Waals surface area contributed by atoms with Crippen molar-refractivity contribution in [2.45, 2.75) is 19.9 Å². The first-order valence-electron chi connectivity index (χ1n) is 7.52. The summed E-state index contributed by atoms with van der Waals surface area (Å²) in [5.41, 5.74) is 8.50. The molecule has 0 fully saturated rings. The minimum Gasteiger partial charge on any atom is -0.497 e. The summed E-state index contributed by atoms with van der Waals surface area (Å²) in [6.07, 6.45) is 0. The summed E-state index contributed by atoms with van der Waals surface area (Å²) in [7, 11) is 1.58. The van der Waals surface area contributed by atoms with Crippen molar-refractivity contribution in [3.63, 3.8) is 0 Å². The lowest BCUT2D eigenvalue weighted by atomic mass is 10.1.